The van der Waals surface area contributed by atoms with E-state index in [0.29, 0.717) is 6.54 Å². The number of hydrogen-bond donors (Lipinski definition) is 2. The minimum Gasteiger partial charge on any atom is -0.349 e. The van der Waals surface area contributed by atoms with Crippen molar-refractivity contribution in [3.63, 3.8) is 0 Å². The quantitative estimate of drug-likeness (QED) is 0.859. The van der Waals surface area contributed by atoms with E-state index in [2.05, 4.69) is 10.3 Å². The highest BCUT2D eigenvalue weighted by Crippen LogP contribution is 2.09. The number of aromatic nitrogens is 1. The Morgan fingerprint density at radius 1 is 1.41 bits per heavy atom. The fourth-order valence-electron chi connectivity index (χ4n) is 1.42. The molecule has 0 radical (unpaired) electrons. The molecular formula is C12H13N3OS. The molecule has 1 heterocycles. The van der Waals surface area contributed by atoms with Crippen LogP contribution in [0, 0.1) is 0 Å². The molecule has 1 amide bonds. The summed E-state index contributed by atoms with van der Waals surface area (Å²) in [4.78, 5) is 15.9. The third-order valence-electron chi connectivity index (χ3n) is 2.37. The molecule has 88 valence electrons. The van der Waals surface area contributed by atoms with E-state index < -0.39 is 6.04 Å². The molecule has 5 heteroatoms. The Morgan fingerprint density at radius 3 is 2.82 bits per heavy atom. The minimum atomic E-state index is -0.630. The molecule has 0 aliphatic rings. The van der Waals surface area contributed by atoms with Gasteiger partial charge in [0.15, 0.2) is 0 Å². The van der Waals surface area contributed by atoms with Crippen molar-refractivity contribution in [3.05, 3.63) is 52.5 Å². The van der Waals surface area contributed by atoms with E-state index in [0.717, 1.165) is 11.3 Å². The lowest BCUT2D eigenvalue weighted by molar-refractivity contribution is -0.122. The van der Waals surface area contributed by atoms with E-state index >= 15 is 0 Å². The monoisotopic (exact) mass is 247 g/mol. The second-order valence-corrected chi connectivity index (χ2v) is 4.30. The average Bonchev–Trinajstić information content (AvgIpc) is 2.89. The van der Waals surface area contributed by atoms with Crippen LogP contribution in [0.2, 0.25) is 0 Å². The van der Waals surface area contributed by atoms with Gasteiger partial charge in [-0.25, -0.2) is 4.98 Å². The molecule has 0 saturated carbocycles. The first-order valence-corrected chi connectivity index (χ1v) is 6.17. The Labute approximate surface area is 103 Å². The van der Waals surface area contributed by atoms with E-state index in [1.54, 1.807) is 5.51 Å². The Morgan fingerprint density at radius 2 is 2.18 bits per heavy atom. The molecule has 1 aromatic carbocycles. The van der Waals surface area contributed by atoms with Crippen LogP contribution in [0.4, 0.5) is 0 Å². The molecule has 1 atom stereocenters. The zero-order valence-electron chi connectivity index (χ0n) is 9.17. The maximum absolute atomic E-state index is 11.8. The molecule has 17 heavy (non-hydrogen) atoms. The summed E-state index contributed by atoms with van der Waals surface area (Å²) in [6, 6.07) is 8.67. The van der Waals surface area contributed by atoms with E-state index in [1.165, 1.54) is 11.3 Å². The summed E-state index contributed by atoms with van der Waals surface area (Å²) in [6.45, 7) is 0.420. The number of rotatable bonds is 4. The zero-order valence-corrected chi connectivity index (χ0v) is 9.98. The minimum absolute atomic E-state index is 0.191. The first kappa shape index (κ1) is 11.8. The van der Waals surface area contributed by atoms with Crippen LogP contribution in [-0.4, -0.2) is 10.9 Å². The second kappa shape index (κ2) is 5.56. The zero-order chi connectivity index (χ0) is 12.1. The SMILES string of the molecule is N[C@H](C(=O)NCc1cscn1)c1ccccc1. The van der Waals surface area contributed by atoms with Gasteiger partial charge in [0, 0.05) is 5.38 Å². The summed E-state index contributed by atoms with van der Waals surface area (Å²) < 4.78 is 0. The normalized spacial score (nSPS) is 12.1. The van der Waals surface area contributed by atoms with Crippen molar-refractivity contribution in [2.75, 3.05) is 0 Å². The smallest absolute Gasteiger partial charge is 0.241 e. The van der Waals surface area contributed by atoms with Crippen molar-refractivity contribution < 1.29 is 4.79 Å². The van der Waals surface area contributed by atoms with Crippen LogP contribution in [0.25, 0.3) is 0 Å². The highest BCUT2D eigenvalue weighted by Gasteiger charge is 2.14. The largest absolute Gasteiger partial charge is 0.349 e. The van der Waals surface area contributed by atoms with Gasteiger partial charge in [0.05, 0.1) is 17.7 Å². The van der Waals surface area contributed by atoms with Crippen molar-refractivity contribution in [2.24, 2.45) is 5.73 Å². The Hall–Kier alpha value is -1.72. The maximum atomic E-state index is 11.8. The van der Waals surface area contributed by atoms with E-state index in [9.17, 15) is 4.79 Å². The summed E-state index contributed by atoms with van der Waals surface area (Å²) in [5.41, 5.74) is 9.24. The molecule has 0 fully saturated rings. The number of thiazole rings is 1. The topological polar surface area (TPSA) is 68.0 Å². The Kier molecular flexibility index (Phi) is 3.85. The number of nitrogens with zero attached hydrogens (tertiary/aromatic N) is 1. The lowest BCUT2D eigenvalue weighted by atomic mass is 10.1. The molecule has 1 aromatic heterocycles. The van der Waals surface area contributed by atoms with Crippen molar-refractivity contribution in [1.82, 2.24) is 10.3 Å². The maximum Gasteiger partial charge on any atom is 0.241 e. The molecule has 3 N–H and O–H groups in total. The molecule has 0 spiro atoms. The summed E-state index contributed by atoms with van der Waals surface area (Å²) in [5, 5.41) is 4.66. The van der Waals surface area contributed by atoms with E-state index in [4.69, 9.17) is 5.73 Å². The van der Waals surface area contributed by atoms with E-state index in [-0.39, 0.29) is 5.91 Å². The number of amides is 1. The van der Waals surface area contributed by atoms with E-state index in [1.807, 2.05) is 35.7 Å². The molecule has 0 aliphatic heterocycles. The van der Waals surface area contributed by atoms with Crippen molar-refractivity contribution in [2.45, 2.75) is 12.6 Å². The van der Waals surface area contributed by atoms with Gasteiger partial charge in [0.25, 0.3) is 0 Å². The first-order valence-electron chi connectivity index (χ1n) is 5.22. The Bertz CT molecular complexity index is 470. The standard InChI is InChI=1S/C12H13N3OS/c13-11(9-4-2-1-3-5-9)12(16)14-6-10-7-17-8-15-10/h1-5,7-8,11H,6,13H2,(H,14,16)/t11-/m0/s1. The highest BCUT2D eigenvalue weighted by molar-refractivity contribution is 7.07. The fourth-order valence-corrected chi connectivity index (χ4v) is 1.98. The number of hydrogen-bond acceptors (Lipinski definition) is 4. The molecule has 0 bridgehead atoms. The predicted molar refractivity (Wildman–Crippen MR) is 67.3 cm³/mol. The van der Waals surface area contributed by atoms with Gasteiger partial charge in [0.1, 0.15) is 6.04 Å². The van der Waals surface area contributed by atoms with Gasteiger partial charge in [-0.3, -0.25) is 4.79 Å². The van der Waals surface area contributed by atoms with Crippen LogP contribution in [0.15, 0.2) is 41.2 Å². The van der Waals surface area contributed by atoms with Crippen LogP contribution in [0.1, 0.15) is 17.3 Å². The van der Waals surface area contributed by atoms with Gasteiger partial charge in [0.2, 0.25) is 5.91 Å². The fraction of sp³-hybridized carbons (Fsp3) is 0.167. The highest BCUT2D eigenvalue weighted by atomic mass is 32.1. The van der Waals surface area contributed by atoms with Gasteiger partial charge in [-0.05, 0) is 5.56 Å². The van der Waals surface area contributed by atoms with Gasteiger partial charge in [-0.15, -0.1) is 11.3 Å². The van der Waals surface area contributed by atoms with Crippen LogP contribution in [0.3, 0.4) is 0 Å². The predicted octanol–water partition coefficient (Wildman–Crippen LogP) is 1.46. The molecule has 0 unspecified atom stereocenters. The summed E-state index contributed by atoms with van der Waals surface area (Å²) in [7, 11) is 0. The second-order valence-electron chi connectivity index (χ2n) is 3.59. The molecule has 0 aliphatic carbocycles. The third-order valence-corrected chi connectivity index (χ3v) is 3.00. The molecule has 2 aromatic rings. The van der Waals surface area contributed by atoms with Crippen LogP contribution >= 0.6 is 11.3 Å². The molecular weight excluding hydrogens is 234 g/mol. The number of carbonyl (C=O) groups is 1. The lowest BCUT2D eigenvalue weighted by Gasteiger charge is -2.11. The number of nitrogens with two attached hydrogens (primary N) is 1. The molecule has 2 rings (SSSR count). The van der Waals surface area contributed by atoms with Gasteiger partial charge < -0.3 is 11.1 Å². The van der Waals surface area contributed by atoms with Crippen molar-refractivity contribution >= 4 is 17.2 Å². The average molecular weight is 247 g/mol. The number of benzene rings is 1. The summed E-state index contributed by atoms with van der Waals surface area (Å²) in [6.07, 6.45) is 0. The lowest BCUT2D eigenvalue weighted by Crippen LogP contribution is -2.33. The summed E-state index contributed by atoms with van der Waals surface area (Å²) >= 11 is 1.50. The third kappa shape index (κ3) is 3.12. The van der Waals surface area contributed by atoms with Gasteiger partial charge in [-0.2, -0.15) is 0 Å². The van der Waals surface area contributed by atoms with Crippen molar-refractivity contribution in [1.29, 1.82) is 0 Å². The molecule has 4 nitrogen and oxygen atoms in total. The summed E-state index contributed by atoms with van der Waals surface area (Å²) in [5.74, 6) is -0.191. The first-order chi connectivity index (χ1) is 8.27. The van der Waals surface area contributed by atoms with Crippen LogP contribution in [0.5, 0.6) is 0 Å². The Balaban J connectivity index is 1.92. The van der Waals surface area contributed by atoms with Gasteiger partial charge >= 0.3 is 0 Å². The molecule has 0 saturated heterocycles. The number of carbonyl (C=O) groups excluding carboxylic acids is 1. The van der Waals surface area contributed by atoms with Crippen LogP contribution in [-0.2, 0) is 11.3 Å². The van der Waals surface area contributed by atoms with Gasteiger partial charge in [-0.1, -0.05) is 30.3 Å². The van der Waals surface area contributed by atoms with Crippen LogP contribution < -0.4 is 11.1 Å². The number of nitrogens with one attached hydrogen (secondary N) is 1. The van der Waals surface area contributed by atoms with Crippen molar-refractivity contribution in [3.8, 4) is 0 Å².